The Kier molecular flexibility index (Phi) is 3.75. The molecule has 21 heavy (non-hydrogen) atoms. The molecule has 0 bridgehead atoms. The quantitative estimate of drug-likeness (QED) is 0.693. The molecule has 1 heterocycles. The van der Waals surface area contributed by atoms with Crippen molar-refractivity contribution in [3.8, 4) is 5.69 Å². The van der Waals surface area contributed by atoms with Gasteiger partial charge in [-0.05, 0) is 32.9 Å². The van der Waals surface area contributed by atoms with Crippen LogP contribution in [0.25, 0.3) is 5.69 Å². The topological polar surface area (TPSA) is 90.1 Å². The maximum atomic E-state index is 12.0. The summed E-state index contributed by atoms with van der Waals surface area (Å²) in [5, 5.41) is 17.9. The second-order valence-corrected chi connectivity index (χ2v) is 5.60. The zero-order valence-corrected chi connectivity index (χ0v) is 12.0. The molecule has 0 atom stereocenters. The van der Waals surface area contributed by atoms with Gasteiger partial charge < -0.3 is 5.32 Å². The summed E-state index contributed by atoms with van der Waals surface area (Å²) < 4.78 is 1.33. The van der Waals surface area contributed by atoms with Crippen molar-refractivity contribution < 1.29 is 9.72 Å². The largest absolute Gasteiger partial charge is 0.346 e. The number of benzene rings is 1. The molecule has 0 saturated heterocycles. The number of carbonyl (C=O) groups is 1. The number of nitro groups is 1. The molecular formula is C14H16N4O3. The van der Waals surface area contributed by atoms with Crippen LogP contribution in [0.5, 0.6) is 0 Å². The molecule has 0 radical (unpaired) electrons. The fraction of sp³-hybridized carbons (Fsp3) is 0.286. The number of para-hydroxylation sites is 2. The van der Waals surface area contributed by atoms with Gasteiger partial charge in [0.05, 0.1) is 4.92 Å². The molecule has 2 rings (SSSR count). The van der Waals surface area contributed by atoms with Gasteiger partial charge in [0.25, 0.3) is 11.6 Å². The summed E-state index contributed by atoms with van der Waals surface area (Å²) >= 11 is 0. The van der Waals surface area contributed by atoms with Gasteiger partial charge in [-0.25, -0.2) is 4.68 Å². The van der Waals surface area contributed by atoms with E-state index in [0.717, 1.165) is 0 Å². The third-order valence-corrected chi connectivity index (χ3v) is 2.64. The Morgan fingerprint density at radius 1 is 1.29 bits per heavy atom. The van der Waals surface area contributed by atoms with Gasteiger partial charge in [-0.2, -0.15) is 5.10 Å². The molecule has 7 heteroatoms. The Morgan fingerprint density at radius 3 is 2.57 bits per heavy atom. The minimum Gasteiger partial charge on any atom is -0.346 e. The average Bonchev–Trinajstić information content (AvgIpc) is 2.86. The molecule has 0 fully saturated rings. The number of hydrogen-bond acceptors (Lipinski definition) is 4. The predicted molar refractivity (Wildman–Crippen MR) is 77.4 cm³/mol. The van der Waals surface area contributed by atoms with Crippen molar-refractivity contribution in [1.82, 2.24) is 15.1 Å². The van der Waals surface area contributed by atoms with Gasteiger partial charge >= 0.3 is 0 Å². The van der Waals surface area contributed by atoms with Gasteiger partial charge in [-0.1, -0.05) is 12.1 Å². The number of hydrogen-bond donors (Lipinski definition) is 1. The van der Waals surface area contributed by atoms with Crippen molar-refractivity contribution in [3.63, 3.8) is 0 Å². The van der Waals surface area contributed by atoms with Crippen molar-refractivity contribution >= 4 is 11.6 Å². The Bertz CT molecular complexity index is 686. The molecule has 2 aromatic rings. The zero-order chi connectivity index (χ0) is 15.6. The highest BCUT2D eigenvalue weighted by molar-refractivity contribution is 5.92. The van der Waals surface area contributed by atoms with Crippen molar-refractivity contribution in [2.45, 2.75) is 26.3 Å². The third-order valence-electron chi connectivity index (χ3n) is 2.64. The monoisotopic (exact) mass is 288 g/mol. The maximum absolute atomic E-state index is 12.0. The second-order valence-electron chi connectivity index (χ2n) is 5.60. The predicted octanol–water partition coefficient (Wildman–Crippen LogP) is 2.31. The van der Waals surface area contributed by atoms with Gasteiger partial charge in [0.2, 0.25) is 0 Å². The summed E-state index contributed by atoms with van der Waals surface area (Å²) in [7, 11) is 0. The third kappa shape index (κ3) is 3.44. The van der Waals surface area contributed by atoms with Crippen molar-refractivity contribution in [2.75, 3.05) is 0 Å². The van der Waals surface area contributed by atoms with E-state index in [4.69, 9.17) is 0 Å². The van der Waals surface area contributed by atoms with Crippen LogP contribution in [-0.4, -0.2) is 26.1 Å². The van der Waals surface area contributed by atoms with E-state index in [0.29, 0.717) is 5.69 Å². The molecule has 7 nitrogen and oxygen atoms in total. The Hall–Kier alpha value is -2.70. The number of rotatable bonds is 3. The number of nitrogens with one attached hydrogen (secondary N) is 1. The van der Waals surface area contributed by atoms with Crippen LogP contribution >= 0.6 is 0 Å². The Morgan fingerprint density at radius 2 is 1.95 bits per heavy atom. The summed E-state index contributed by atoms with van der Waals surface area (Å²) in [6.45, 7) is 5.60. The first kappa shape index (κ1) is 14.7. The van der Waals surface area contributed by atoms with Crippen LogP contribution in [0.1, 0.15) is 31.3 Å². The van der Waals surface area contributed by atoms with E-state index >= 15 is 0 Å². The smallest absolute Gasteiger partial charge is 0.294 e. The highest BCUT2D eigenvalue weighted by atomic mass is 16.6. The molecule has 0 saturated carbocycles. The Labute approximate surface area is 121 Å². The van der Waals surface area contributed by atoms with Crippen LogP contribution in [0.2, 0.25) is 0 Å². The highest BCUT2D eigenvalue weighted by Gasteiger charge is 2.19. The molecule has 0 aliphatic rings. The Balaban J connectivity index is 2.33. The molecule has 1 N–H and O–H groups in total. The van der Waals surface area contributed by atoms with Crippen LogP contribution in [0, 0.1) is 10.1 Å². The van der Waals surface area contributed by atoms with Crippen molar-refractivity contribution in [3.05, 3.63) is 52.3 Å². The standard InChI is InChI=1S/C14H16N4O3/c1-14(2,3)15-13(19)10-8-9-17(16-10)11-6-4-5-7-12(11)18(20)21/h4-9H,1-3H3,(H,15,19). The molecule has 1 aromatic carbocycles. The van der Waals surface area contributed by atoms with Crippen LogP contribution < -0.4 is 5.32 Å². The molecule has 0 spiro atoms. The lowest BCUT2D eigenvalue weighted by molar-refractivity contribution is -0.384. The molecule has 0 aliphatic carbocycles. The van der Waals surface area contributed by atoms with E-state index < -0.39 is 4.92 Å². The van der Waals surface area contributed by atoms with E-state index in [1.54, 1.807) is 18.2 Å². The lowest BCUT2D eigenvalue weighted by Crippen LogP contribution is -2.40. The van der Waals surface area contributed by atoms with Crippen molar-refractivity contribution in [2.24, 2.45) is 0 Å². The van der Waals surface area contributed by atoms with E-state index in [1.807, 2.05) is 20.8 Å². The van der Waals surface area contributed by atoms with Gasteiger partial charge in [0, 0.05) is 17.8 Å². The summed E-state index contributed by atoms with van der Waals surface area (Å²) in [4.78, 5) is 22.5. The SMILES string of the molecule is CC(C)(C)NC(=O)c1ccn(-c2ccccc2[N+](=O)[O-])n1. The fourth-order valence-corrected chi connectivity index (χ4v) is 1.80. The number of aromatic nitrogens is 2. The number of carbonyl (C=O) groups excluding carboxylic acids is 1. The zero-order valence-electron chi connectivity index (χ0n) is 12.0. The number of nitrogens with zero attached hydrogens (tertiary/aromatic N) is 3. The average molecular weight is 288 g/mol. The molecule has 1 aromatic heterocycles. The highest BCUT2D eigenvalue weighted by Crippen LogP contribution is 2.21. The van der Waals surface area contributed by atoms with E-state index in [9.17, 15) is 14.9 Å². The molecular weight excluding hydrogens is 272 g/mol. The molecule has 0 unspecified atom stereocenters. The number of amides is 1. The minimum absolute atomic E-state index is 0.0663. The van der Waals surface area contributed by atoms with Gasteiger partial charge in [0.15, 0.2) is 5.69 Å². The van der Waals surface area contributed by atoms with Gasteiger partial charge in [-0.3, -0.25) is 14.9 Å². The first-order valence-corrected chi connectivity index (χ1v) is 6.40. The summed E-state index contributed by atoms with van der Waals surface area (Å²) in [5.41, 5.74) is 0.0864. The maximum Gasteiger partial charge on any atom is 0.294 e. The first-order valence-electron chi connectivity index (χ1n) is 6.40. The lowest BCUT2D eigenvalue weighted by Gasteiger charge is -2.19. The van der Waals surface area contributed by atoms with Crippen LogP contribution in [-0.2, 0) is 0 Å². The van der Waals surface area contributed by atoms with E-state index in [-0.39, 0.29) is 22.8 Å². The number of nitro benzene ring substituents is 1. The lowest BCUT2D eigenvalue weighted by atomic mass is 10.1. The second kappa shape index (κ2) is 5.35. The van der Waals surface area contributed by atoms with Gasteiger partial charge in [-0.15, -0.1) is 0 Å². The van der Waals surface area contributed by atoms with Crippen LogP contribution in [0.4, 0.5) is 5.69 Å². The minimum atomic E-state index is -0.480. The van der Waals surface area contributed by atoms with Crippen LogP contribution in [0.15, 0.2) is 36.5 Å². The summed E-state index contributed by atoms with van der Waals surface area (Å²) in [5.74, 6) is -0.320. The normalized spacial score (nSPS) is 11.2. The molecule has 110 valence electrons. The summed E-state index contributed by atoms with van der Waals surface area (Å²) in [6.07, 6.45) is 1.53. The van der Waals surface area contributed by atoms with Crippen molar-refractivity contribution in [1.29, 1.82) is 0 Å². The van der Waals surface area contributed by atoms with Crippen LogP contribution in [0.3, 0.4) is 0 Å². The fourth-order valence-electron chi connectivity index (χ4n) is 1.80. The van der Waals surface area contributed by atoms with E-state index in [1.165, 1.54) is 23.0 Å². The van der Waals surface area contributed by atoms with Gasteiger partial charge in [0.1, 0.15) is 5.69 Å². The van der Waals surface area contributed by atoms with E-state index in [2.05, 4.69) is 10.4 Å². The molecule has 0 aliphatic heterocycles. The molecule has 1 amide bonds. The summed E-state index contributed by atoms with van der Waals surface area (Å²) in [6, 6.07) is 7.76. The first-order chi connectivity index (χ1) is 9.78.